The number of aliphatic hydroxyl groups is 1. The molecule has 3 rings (SSSR count). The number of rotatable bonds is 5. The Bertz CT molecular complexity index is 1160. The maximum Gasteiger partial charge on any atom is 0.335 e. The fourth-order valence-corrected chi connectivity index (χ4v) is 17.3. The van der Waals surface area contributed by atoms with Crippen LogP contribution in [0.3, 0.4) is 0 Å². The third-order valence-corrected chi connectivity index (χ3v) is 18.6. The van der Waals surface area contributed by atoms with Crippen molar-refractivity contribution >= 4 is 25.2 Å². The summed E-state index contributed by atoms with van der Waals surface area (Å²) in [4.78, 5) is 27.0. The van der Waals surface area contributed by atoms with Gasteiger partial charge in [-0.15, -0.1) is 5.54 Å². The molecule has 3 heterocycles. The SMILES string of the molecule is CC(C)[Si]1(C(C)C)OC[C@H]2OC(n3ccc(=O)[nH]c3=O)[C@@](O)(C#C[Si](C)(C)C)[C@@H]2O[Si](C(C)C)(C(C)C)O1. The van der Waals surface area contributed by atoms with Crippen molar-refractivity contribution in [2.45, 2.75) is 121 Å². The zero-order chi connectivity index (χ0) is 28.8. The van der Waals surface area contributed by atoms with E-state index in [1.807, 2.05) is 0 Å². The van der Waals surface area contributed by atoms with E-state index in [1.54, 1.807) is 0 Å². The van der Waals surface area contributed by atoms with Crippen molar-refractivity contribution in [2.24, 2.45) is 0 Å². The average Bonchev–Trinajstić information content (AvgIpc) is 3.02. The van der Waals surface area contributed by atoms with Crippen molar-refractivity contribution in [3.8, 4) is 11.5 Å². The van der Waals surface area contributed by atoms with Crippen molar-refractivity contribution in [1.29, 1.82) is 0 Å². The van der Waals surface area contributed by atoms with E-state index >= 15 is 0 Å². The third-order valence-electron chi connectivity index (χ3n) is 7.52. The number of hydrogen-bond donors (Lipinski definition) is 2. The van der Waals surface area contributed by atoms with Gasteiger partial charge in [0.05, 0.1) is 6.61 Å². The molecule has 0 radical (unpaired) electrons. The summed E-state index contributed by atoms with van der Waals surface area (Å²) in [6.07, 6.45) is -1.48. The summed E-state index contributed by atoms with van der Waals surface area (Å²) in [6, 6.07) is 1.23. The molecule has 1 unspecified atom stereocenters. The van der Waals surface area contributed by atoms with Gasteiger partial charge in [0.15, 0.2) is 11.8 Å². The van der Waals surface area contributed by atoms with Gasteiger partial charge in [0.25, 0.3) is 5.56 Å². The van der Waals surface area contributed by atoms with E-state index < -0.39 is 60.5 Å². The van der Waals surface area contributed by atoms with Crippen LogP contribution < -0.4 is 11.2 Å². The van der Waals surface area contributed by atoms with Gasteiger partial charge in [-0.1, -0.05) is 81.0 Å². The number of hydrogen-bond acceptors (Lipinski definition) is 7. The molecule has 12 heteroatoms. The largest absolute Gasteiger partial charge is 0.414 e. The van der Waals surface area contributed by atoms with Gasteiger partial charge in [0, 0.05) is 12.3 Å². The fraction of sp³-hybridized carbons (Fsp3) is 0.769. The number of nitrogens with one attached hydrogen (secondary N) is 1. The van der Waals surface area contributed by atoms with E-state index in [9.17, 15) is 14.7 Å². The number of aromatic nitrogens is 2. The second-order valence-corrected chi connectivity index (χ2v) is 26.5. The highest BCUT2D eigenvalue weighted by Gasteiger charge is 2.65. The van der Waals surface area contributed by atoms with Crippen molar-refractivity contribution in [1.82, 2.24) is 9.55 Å². The predicted molar refractivity (Wildman–Crippen MR) is 155 cm³/mol. The molecule has 2 aliphatic rings. The van der Waals surface area contributed by atoms with Crippen LogP contribution in [0.1, 0.15) is 61.6 Å². The number of fused-ring (bicyclic) bond motifs is 1. The lowest BCUT2D eigenvalue weighted by Gasteiger charge is -2.51. The van der Waals surface area contributed by atoms with Crippen LogP contribution in [0.25, 0.3) is 0 Å². The molecule has 2 fully saturated rings. The Morgan fingerprint density at radius 1 is 1.03 bits per heavy atom. The zero-order valence-electron chi connectivity index (χ0n) is 24.7. The summed E-state index contributed by atoms with van der Waals surface area (Å²) in [5, 5.41) is 12.4. The Morgan fingerprint density at radius 2 is 1.58 bits per heavy atom. The molecule has 2 aliphatic heterocycles. The van der Waals surface area contributed by atoms with Crippen LogP contribution in [0.4, 0.5) is 0 Å². The smallest absolute Gasteiger partial charge is 0.335 e. The van der Waals surface area contributed by atoms with Crippen LogP contribution in [-0.2, 0) is 17.7 Å². The van der Waals surface area contributed by atoms with Gasteiger partial charge in [-0.05, 0) is 22.2 Å². The summed E-state index contributed by atoms with van der Waals surface area (Å²) in [7, 11) is -7.87. The number of ether oxygens (including phenoxy) is 1. The van der Waals surface area contributed by atoms with Crippen molar-refractivity contribution in [3.63, 3.8) is 0 Å². The van der Waals surface area contributed by atoms with E-state index in [-0.39, 0.29) is 28.8 Å². The fourth-order valence-electron chi connectivity index (χ4n) is 5.49. The molecule has 0 amide bonds. The Labute approximate surface area is 229 Å². The Morgan fingerprint density at radius 3 is 2.05 bits per heavy atom. The van der Waals surface area contributed by atoms with E-state index in [2.05, 4.69) is 91.5 Å². The molecule has 214 valence electrons. The first-order valence-electron chi connectivity index (χ1n) is 13.6. The molecule has 2 saturated heterocycles. The van der Waals surface area contributed by atoms with Crippen LogP contribution in [-0.4, -0.2) is 64.3 Å². The van der Waals surface area contributed by atoms with Gasteiger partial charge in [-0.3, -0.25) is 14.3 Å². The van der Waals surface area contributed by atoms with E-state index in [1.165, 1.54) is 16.8 Å². The summed E-state index contributed by atoms with van der Waals surface area (Å²) >= 11 is 0. The monoisotopic (exact) mass is 582 g/mol. The number of H-pyrrole nitrogens is 1. The van der Waals surface area contributed by atoms with Gasteiger partial charge in [0.2, 0.25) is 0 Å². The lowest BCUT2D eigenvalue weighted by atomic mass is 9.95. The van der Waals surface area contributed by atoms with Gasteiger partial charge < -0.3 is 22.8 Å². The van der Waals surface area contributed by atoms with E-state index in [0.29, 0.717) is 0 Å². The quantitative estimate of drug-likeness (QED) is 0.399. The lowest BCUT2D eigenvalue weighted by Crippen LogP contribution is -2.67. The molecular weight excluding hydrogens is 537 g/mol. The first-order chi connectivity index (χ1) is 17.4. The lowest BCUT2D eigenvalue weighted by molar-refractivity contribution is -0.0750. The zero-order valence-corrected chi connectivity index (χ0v) is 27.7. The van der Waals surface area contributed by atoms with Crippen molar-refractivity contribution in [3.05, 3.63) is 33.1 Å². The third kappa shape index (κ3) is 5.62. The van der Waals surface area contributed by atoms with Gasteiger partial charge in [-0.25, -0.2) is 4.79 Å². The first kappa shape index (κ1) is 31.2. The Balaban J connectivity index is 2.28. The molecule has 9 nitrogen and oxygen atoms in total. The molecule has 1 aromatic rings. The summed E-state index contributed by atoms with van der Waals surface area (Å²) in [5.74, 6) is 3.11. The minimum Gasteiger partial charge on any atom is -0.414 e. The minimum atomic E-state index is -3.09. The number of nitrogens with zero attached hydrogens (tertiary/aromatic N) is 1. The Kier molecular flexibility index (Phi) is 8.98. The molecule has 1 aromatic heterocycles. The molecule has 0 bridgehead atoms. The molecule has 38 heavy (non-hydrogen) atoms. The summed E-state index contributed by atoms with van der Waals surface area (Å²) in [5.41, 5.74) is 0.560. The summed E-state index contributed by atoms with van der Waals surface area (Å²) < 4.78 is 28.8. The number of aromatic amines is 1. The molecule has 4 atom stereocenters. The van der Waals surface area contributed by atoms with E-state index in [0.717, 1.165) is 0 Å². The van der Waals surface area contributed by atoms with Crippen LogP contribution in [0.2, 0.25) is 41.8 Å². The standard InChI is InChI=1S/C26H46N2O7Si3/c1-17(2)37(18(3)4)32-16-21-23(34-38(35-37,19(5)6)20(7)8)26(31,13-15-36(9,10)11)24(33-21)28-14-12-22(29)27-25(28)30/h12,14,17-21,23-24,31H,16H2,1-11H3,(H,27,29,30)/t21-,23-,24?,26-/m1/s1. The molecule has 2 N–H and O–H groups in total. The van der Waals surface area contributed by atoms with Crippen molar-refractivity contribution < 1.29 is 22.8 Å². The molecular formula is C26H46N2O7Si3. The normalized spacial score (nSPS) is 29.2. The van der Waals surface area contributed by atoms with Crippen LogP contribution in [0.15, 0.2) is 21.9 Å². The van der Waals surface area contributed by atoms with Crippen LogP contribution in [0.5, 0.6) is 0 Å². The van der Waals surface area contributed by atoms with Crippen LogP contribution >= 0.6 is 0 Å². The van der Waals surface area contributed by atoms with Gasteiger partial charge >= 0.3 is 22.8 Å². The van der Waals surface area contributed by atoms with Gasteiger partial charge in [0.1, 0.15) is 20.3 Å². The first-order valence-corrected chi connectivity index (χ1v) is 21.1. The Hall–Kier alpha value is -1.31. The second-order valence-electron chi connectivity index (χ2n) is 12.9. The highest BCUT2D eigenvalue weighted by atomic mass is 28.5. The maximum atomic E-state index is 12.9. The topological polar surface area (TPSA) is 112 Å². The maximum absolute atomic E-state index is 12.9. The predicted octanol–water partition coefficient (Wildman–Crippen LogP) is 4.00. The van der Waals surface area contributed by atoms with E-state index in [4.69, 9.17) is 17.7 Å². The average molecular weight is 583 g/mol. The molecule has 0 aromatic carbocycles. The molecule has 0 saturated carbocycles. The van der Waals surface area contributed by atoms with Gasteiger partial charge in [-0.2, -0.15) is 0 Å². The molecule has 0 aliphatic carbocycles. The highest BCUT2D eigenvalue weighted by Crippen LogP contribution is 2.50. The highest BCUT2D eigenvalue weighted by molar-refractivity contribution is 6.84. The van der Waals surface area contributed by atoms with Crippen LogP contribution in [0, 0.1) is 11.5 Å². The second kappa shape index (κ2) is 10.9. The molecule has 0 spiro atoms. The summed E-state index contributed by atoms with van der Waals surface area (Å²) in [6.45, 7) is 23.4. The van der Waals surface area contributed by atoms with Crippen molar-refractivity contribution in [2.75, 3.05) is 6.61 Å². The minimum absolute atomic E-state index is 0.0401.